The molecule has 2 rings (SSSR count). The number of rotatable bonds is 11. The van der Waals surface area contributed by atoms with Crippen molar-refractivity contribution in [2.24, 2.45) is 17.8 Å². The molecule has 202 valence electrons. The van der Waals surface area contributed by atoms with E-state index in [4.69, 9.17) is 0 Å². The molecule has 0 radical (unpaired) electrons. The Morgan fingerprint density at radius 3 is 2.29 bits per heavy atom. The van der Waals surface area contributed by atoms with E-state index in [-0.39, 0.29) is 0 Å². The lowest BCUT2D eigenvalue weighted by Gasteiger charge is -2.23. The normalized spacial score (nSPS) is 28.0. The van der Waals surface area contributed by atoms with Crippen molar-refractivity contribution in [1.82, 2.24) is 5.32 Å². The Balaban J connectivity index is 0.000000518. The first-order chi connectivity index (χ1) is 16.6. The summed E-state index contributed by atoms with van der Waals surface area (Å²) in [5, 5.41) is 22.5. The highest BCUT2D eigenvalue weighted by Gasteiger charge is 2.33. The summed E-state index contributed by atoms with van der Waals surface area (Å²) in [6.45, 7) is 23.0. The van der Waals surface area contributed by atoms with Gasteiger partial charge in [0.1, 0.15) is 0 Å². The molecule has 35 heavy (non-hydrogen) atoms. The van der Waals surface area contributed by atoms with Crippen LogP contribution in [0.15, 0.2) is 54.3 Å². The van der Waals surface area contributed by atoms with E-state index in [9.17, 15) is 10.2 Å². The fourth-order valence-electron chi connectivity index (χ4n) is 5.21. The zero-order chi connectivity index (χ0) is 26.9. The maximum atomic E-state index is 9.61. The summed E-state index contributed by atoms with van der Waals surface area (Å²) in [5.74, 6) is 2.29. The Morgan fingerprint density at radius 2 is 1.89 bits per heavy atom. The van der Waals surface area contributed by atoms with Crippen molar-refractivity contribution < 1.29 is 10.2 Å². The molecule has 1 fully saturated rings. The molecule has 2 aliphatic carbocycles. The summed E-state index contributed by atoms with van der Waals surface area (Å²) in [4.78, 5) is 0. The molecule has 0 bridgehead atoms. The lowest BCUT2D eigenvalue weighted by atomic mass is 9.88. The standard InChI is InChI=1S/C14H27N.C11H18O.C7H12O/c1-4-7-9-13-12(8-5-2)10-11-14(13)15-6-3;1-5-7-8-11(12)10(6-2)9(3)4;1-6-3-4-7(2,8)5-6/h5,8,12-15H,4,6-7,9-11H2,1-3H3;11-12H,2-3,5,7-8H2,1,4H3;3-4,6,8H,5H2,1-2H3/b8-5+;;. The van der Waals surface area contributed by atoms with Crippen molar-refractivity contribution in [3.63, 3.8) is 0 Å². The predicted octanol–water partition coefficient (Wildman–Crippen LogP) is 7.92. The van der Waals surface area contributed by atoms with Gasteiger partial charge in [-0.15, -0.1) is 5.73 Å². The van der Waals surface area contributed by atoms with Crippen LogP contribution in [0.25, 0.3) is 0 Å². The third-order valence-corrected chi connectivity index (χ3v) is 7.01. The zero-order valence-corrected chi connectivity index (χ0v) is 24.1. The van der Waals surface area contributed by atoms with E-state index in [2.05, 4.69) is 77.1 Å². The average Bonchev–Trinajstić information content (AvgIpc) is 3.33. The van der Waals surface area contributed by atoms with Crippen LogP contribution in [0.5, 0.6) is 0 Å². The van der Waals surface area contributed by atoms with Crippen LogP contribution in [0, 0.1) is 17.8 Å². The highest BCUT2D eigenvalue weighted by Crippen LogP contribution is 2.36. The van der Waals surface area contributed by atoms with Crippen molar-refractivity contribution in [3.05, 3.63) is 54.3 Å². The zero-order valence-electron chi connectivity index (χ0n) is 24.1. The van der Waals surface area contributed by atoms with Crippen LogP contribution < -0.4 is 5.32 Å². The molecule has 6 atom stereocenters. The molecule has 0 amide bonds. The molecule has 0 aromatic carbocycles. The number of allylic oxidation sites excluding steroid dienone is 3. The van der Waals surface area contributed by atoms with E-state index < -0.39 is 11.7 Å². The largest absolute Gasteiger partial charge is 0.388 e. The molecular formula is C32H57NO2. The minimum Gasteiger partial charge on any atom is -0.388 e. The highest BCUT2D eigenvalue weighted by atomic mass is 16.3. The molecular weight excluding hydrogens is 430 g/mol. The van der Waals surface area contributed by atoms with Gasteiger partial charge in [-0.05, 0) is 82.7 Å². The topological polar surface area (TPSA) is 52.5 Å². The Hall–Kier alpha value is -1.38. The fraction of sp³-hybridized carbons (Fsp3) is 0.719. The molecule has 0 aromatic heterocycles. The molecule has 6 unspecified atom stereocenters. The quantitative estimate of drug-likeness (QED) is 0.158. The van der Waals surface area contributed by atoms with Gasteiger partial charge < -0.3 is 15.5 Å². The first kappa shape index (κ1) is 33.6. The van der Waals surface area contributed by atoms with Crippen LogP contribution in [0.4, 0.5) is 0 Å². The van der Waals surface area contributed by atoms with Crippen LogP contribution in [0.1, 0.15) is 106 Å². The van der Waals surface area contributed by atoms with Crippen LogP contribution in [-0.2, 0) is 0 Å². The van der Waals surface area contributed by atoms with Gasteiger partial charge in [0.2, 0.25) is 0 Å². The van der Waals surface area contributed by atoms with E-state index in [1.54, 1.807) is 0 Å². The van der Waals surface area contributed by atoms with Gasteiger partial charge in [0.15, 0.2) is 0 Å². The number of unbranched alkanes of at least 4 members (excludes halogenated alkanes) is 2. The summed E-state index contributed by atoms with van der Waals surface area (Å²) in [6, 6.07) is 0.780. The Kier molecular flexibility index (Phi) is 18.1. The second-order valence-electron chi connectivity index (χ2n) is 10.7. The molecule has 0 saturated heterocycles. The Labute approximate surface area is 218 Å². The predicted molar refractivity (Wildman–Crippen MR) is 155 cm³/mol. The lowest BCUT2D eigenvalue weighted by Crippen LogP contribution is -2.33. The monoisotopic (exact) mass is 487 g/mol. The van der Waals surface area contributed by atoms with Crippen LogP contribution in [-0.4, -0.2) is 34.5 Å². The summed E-state index contributed by atoms with van der Waals surface area (Å²) >= 11 is 0. The van der Waals surface area contributed by atoms with E-state index in [1.165, 1.54) is 32.1 Å². The van der Waals surface area contributed by atoms with Crippen LogP contribution in [0.3, 0.4) is 0 Å². The maximum absolute atomic E-state index is 9.61. The van der Waals surface area contributed by atoms with Gasteiger partial charge in [0, 0.05) is 11.6 Å². The average molecular weight is 488 g/mol. The lowest BCUT2D eigenvalue weighted by molar-refractivity contribution is 0.103. The van der Waals surface area contributed by atoms with Crippen molar-refractivity contribution in [3.8, 4) is 0 Å². The molecule has 0 aromatic rings. The van der Waals surface area contributed by atoms with Gasteiger partial charge in [-0.1, -0.05) is 90.8 Å². The number of aliphatic hydroxyl groups excluding tert-OH is 1. The third kappa shape index (κ3) is 14.1. The van der Waals surface area contributed by atoms with E-state index in [0.29, 0.717) is 5.92 Å². The molecule has 3 nitrogen and oxygen atoms in total. The molecule has 0 spiro atoms. The van der Waals surface area contributed by atoms with Crippen molar-refractivity contribution in [2.45, 2.75) is 124 Å². The number of nitrogens with one attached hydrogen (secondary N) is 1. The summed E-state index contributed by atoms with van der Waals surface area (Å²) in [7, 11) is 0. The Morgan fingerprint density at radius 1 is 1.23 bits per heavy atom. The maximum Gasteiger partial charge on any atom is 0.0863 e. The molecule has 1 saturated carbocycles. The third-order valence-electron chi connectivity index (χ3n) is 7.01. The van der Waals surface area contributed by atoms with Crippen LogP contribution in [0.2, 0.25) is 0 Å². The fourth-order valence-corrected chi connectivity index (χ4v) is 5.21. The van der Waals surface area contributed by atoms with Gasteiger partial charge >= 0.3 is 0 Å². The molecule has 3 heteroatoms. The molecule has 0 aliphatic heterocycles. The van der Waals surface area contributed by atoms with E-state index >= 15 is 0 Å². The van der Waals surface area contributed by atoms with Crippen molar-refractivity contribution in [2.75, 3.05) is 6.54 Å². The first-order valence-electron chi connectivity index (χ1n) is 14.1. The number of hydrogen-bond acceptors (Lipinski definition) is 3. The van der Waals surface area contributed by atoms with Gasteiger partial charge in [-0.25, -0.2) is 0 Å². The smallest absolute Gasteiger partial charge is 0.0863 e. The van der Waals surface area contributed by atoms with Gasteiger partial charge in [0.25, 0.3) is 0 Å². The summed E-state index contributed by atoms with van der Waals surface area (Å²) in [5.41, 5.74) is 3.82. The summed E-state index contributed by atoms with van der Waals surface area (Å²) < 4.78 is 0. The van der Waals surface area contributed by atoms with Gasteiger partial charge in [-0.2, -0.15) is 0 Å². The second kappa shape index (κ2) is 18.8. The number of aliphatic hydroxyl groups is 2. The summed E-state index contributed by atoms with van der Waals surface area (Å²) in [6.07, 6.45) is 18.8. The molecule has 3 N–H and O–H groups in total. The minimum absolute atomic E-state index is 0.431. The number of hydrogen-bond donors (Lipinski definition) is 3. The highest BCUT2D eigenvalue weighted by molar-refractivity contribution is 5.28. The molecule has 2 aliphatic rings. The SMILES string of the molecule is C/C=C/C1CCC(NCC)C1CCCC.C=C=C(C(=C)C)C(O)CCCC.CC1C=CC(C)(O)C1. The van der Waals surface area contributed by atoms with E-state index in [0.717, 1.165) is 61.3 Å². The second-order valence-corrected chi connectivity index (χ2v) is 10.7. The van der Waals surface area contributed by atoms with Gasteiger partial charge in [-0.3, -0.25) is 0 Å². The first-order valence-corrected chi connectivity index (χ1v) is 14.1. The van der Waals surface area contributed by atoms with Crippen LogP contribution >= 0.6 is 0 Å². The Bertz CT molecular complexity index is 684. The minimum atomic E-state index is -0.514. The van der Waals surface area contributed by atoms with Crippen molar-refractivity contribution >= 4 is 0 Å². The molecule has 0 heterocycles. The van der Waals surface area contributed by atoms with Crippen molar-refractivity contribution in [1.29, 1.82) is 0 Å². The van der Waals surface area contributed by atoms with E-state index in [1.807, 2.05) is 19.9 Å². The van der Waals surface area contributed by atoms with Gasteiger partial charge in [0.05, 0.1) is 11.7 Å².